The molecular formula is C9H17NO3S. The van der Waals surface area contributed by atoms with Gasteiger partial charge >= 0.3 is 5.97 Å². The number of hydrogen-bond acceptors (Lipinski definition) is 3. The molecule has 0 fully saturated rings. The second-order valence-electron chi connectivity index (χ2n) is 4.01. The van der Waals surface area contributed by atoms with Crippen LogP contribution in [0.25, 0.3) is 0 Å². The Morgan fingerprint density at radius 1 is 1.43 bits per heavy atom. The van der Waals surface area contributed by atoms with E-state index in [-0.39, 0.29) is 10.7 Å². The van der Waals surface area contributed by atoms with Gasteiger partial charge in [0.2, 0.25) is 5.91 Å². The fourth-order valence-corrected chi connectivity index (χ4v) is 1.65. The molecule has 0 unspecified atom stereocenters. The molecule has 0 aromatic heterocycles. The van der Waals surface area contributed by atoms with E-state index in [1.165, 1.54) is 18.7 Å². The SMILES string of the molecule is CC(=O)N[C@@H](CSC(C)(C)C)C(=O)O. The molecule has 5 heteroatoms. The van der Waals surface area contributed by atoms with Crippen LogP contribution in [-0.4, -0.2) is 33.5 Å². The van der Waals surface area contributed by atoms with Crippen molar-refractivity contribution >= 4 is 23.6 Å². The molecule has 0 aliphatic rings. The Balaban J connectivity index is 4.11. The highest BCUT2D eigenvalue weighted by molar-refractivity contribution is 8.00. The van der Waals surface area contributed by atoms with Crippen molar-refractivity contribution in [2.75, 3.05) is 5.75 Å². The number of aliphatic carboxylic acids is 1. The number of thioether (sulfide) groups is 1. The first kappa shape index (κ1) is 13.3. The van der Waals surface area contributed by atoms with Crippen molar-refractivity contribution in [2.24, 2.45) is 0 Å². The number of carbonyl (C=O) groups excluding carboxylic acids is 1. The molecule has 0 spiro atoms. The van der Waals surface area contributed by atoms with Crippen molar-refractivity contribution in [1.29, 1.82) is 0 Å². The molecule has 2 N–H and O–H groups in total. The van der Waals surface area contributed by atoms with E-state index in [1.54, 1.807) is 0 Å². The predicted octanol–water partition coefficient (Wildman–Crippen LogP) is 1.11. The van der Waals surface area contributed by atoms with E-state index in [0.29, 0.717) is 5.75 Å². The van der Waals surface area contributed by atoms with Gasteiger partial charge in [-0.05, 0) is 0 Å². The van der Waals surface area contributed by atoms with Gasteiger partial charge in [-0.25, -0.2) is 4.79 Å². The molecule has 0 aliphatic heterocycles. The first-order valence-electron chi connectivity index (χ1n) is 4.36. The molecule has 14 heavy (non-hydrogen) atoms. The third-order valence-electron chi connectivity index (χ3n) is 1.36. The van der Waals surface area contributed by atoms with E-state index in [4.69, 9.17) is 5.11 Å². The number of carboxylic acids is 1. The molecule has 1 amide bonds. The zero-order chi connectivity index (χ0) is 11.4. The van der Waals surface area contributed by atoms with Crippen LogP contribution in [0.4, 0.5) is 0 Å². The van der Waals surface area contributed by atoms with Gasteiger partial charge in [0.1, 0.15) is 6.04 Å². The summed E-state index contributed by atoms with van der Waals surface area (Å²) < 4.78 is 0.00612. The molecule has 0 bridgehead atoms. The van der Waals surface area contributed by atoms with E-state index < -0.39 is 12.0 Å². The van der Waals surface area contributed by atoms with Crippen LogP contribution in [0, 0.1) is 0 Å². The van der Waals surface area contributed by atoms with Crippen molar-refractivity contribution in [1.82, 2.24) is 5.32 Å². The predicted molar refractivity (Wildman–Crippen MR) is 57.5 cm³/mol. The Morgan fingerprint density at radius 2 is 1.93 bits per heavy atom. The Morgan fingerprint density at radius 3 is 2.21 bits per heavy atom. The van der Waals surface area contributed by atoms with Gasteiger partial charge in [-0.3, -0.25) is 4.79 Å². The van der Waals surface area contributed by atoms with Crippen molar-refractivity contribution in [3.8, 4) is 0 Å². The Hall–Kier alpha value is -0.710. The Kier molecular flexibility index (Phi) is 4.97. The summed E-state index contributed by atoms with van der Waals surface area (Å²) >= 11 is 1.52. The highest BCUT2D eigenvalue weighted by atomic mass is 32.2. The van der Waals surface area contributed by atoms with E-state index in [1.807, 2.05) is 20.8 Å². The topological polar surface area (TPSA) is 66.4 Å². The molecule has 4 nitrogen and oxygen atoms in total. The normalized spacial score (nSPS) is 13.4. The quantitative estimate of drug-likeness (QED) is 0.743. The molecule has 0 aliphatic carbocycles. The van der Waals surface area contributed by atoms with Crippen molar-refractivity contribution in [3.05, 3.63) is 0 Å². The average molecular weight is 219 g/mol. The van der Waals surface area contributed by atoms with Crippen LogP contribution in [0.15, 0.2) is 0 Å². The molecule has 0 heterocycles. The van der Waals surface area contributed by atoms with Gasteiger partial charge in [-0.2, -0.15) is 11.8 Å². The zero-order valence-electron chi connectivity index (χ0n) is 8.96. The molecular weight excluding hydrogens is 202 g/mol. The van der Waals surface area contributed by atoms with Gasteiger partial charge in [-0.1, -0.05) is 20.8 Å². The second kappa shape index (κ2) is 5.24. The van der Waals surface area contributed by atoms with Gasteiger partial charge in [0.05, 0.1) is 0 Å². The maximum Gasteiger partial charge on any atom is 0.327 e. The summed E-state index contributed by atoms with van der Waals surface area (Å²) in [6, 6.07) is -0.795. The maximum atomic E-state index is 10.7. The number of rotatable bonds is 4. The van der Waals surface area contributed by atoms with Crippen molar-refractivity contribution < 1.29 is 14.7 Å². The van der Waals surface area contributed by atoms with Gasteiger partial charge in [0.15, 0.2) is 0 Å². The van der Waals surface area contributed by atoms with Crippen LogP contribution in [-0.2, 0) is 9.59 Å². The minimum atomic E-state index is -0.989. The standard InChI is InChI=1S/C9H17NO3S/c1-6(11)10-7(8(12)13)5-14-9(2,3)4/h7H,5H2,1-4H3,(H,10,11)(H,12,13)/t7-/m0/s1. The van der Waals surface area contributed by atoms with Crippen LogP contribution in [0.1, 0.15) is 27.7 Å². The van der Waals surface area contributed by atoms with E-state index in [9.17, 15) is 9.59 Å². The lowest BCUT2D eigenvalue weighted by molar-refractivity contribution is -0.140. The Bertz CT molecular complexity index is 223. The van der Waals surface area contributed by atoms with Crippen molar-refractivity contribution in [2.45, 2.75) is 38.5 Å². The third kappa shape index (κ3) is 6.77. The zero-order valence-corrected chi connectivity index (χ0v) is 9.77. The summed E-state index contributed by atoms with van der Waals surface area (Å²) in [6.45, 7) is 7.33. The average Bonchev–Trinajstić information content (AvgIpc) is 1.94. The monoisotopic (exact) mass is 219 g/mol. The minimum absolute atomic E-state index is 0.00612. The van der Waals surface area contributed by atoms with Crippen LogP contribution in [0.3, 0.4) is 0 Å². The molecule has 1 atom stereocenters. The van der Waals surface area contributed by atoms with Gasteiger partial charge in [0.25, 0.3) is 0 Å². The fourth-order valence-electron chi connectivity index (χ4n) is 0.753. The van der Waals surface area contributed by atoms with Crippen LogP contribution in [0.5, 0.6) is 0 Å². The third-order valence-corrected chi connectivity index (χ3v) is 2.72. The lowest BCUT2D eigenvalue weighted by atomic mass is 10.3. The second-order valence-corrected chi connectivity index (χ2v) is 5.86. The molecule has 0 radical (unpaired) electrons. The lowest BCUT2D eigenvalue weighted by Gasteiger charge is -2.20. The summed E-state index contributed by atoms with van der Waals surface area (Å²) in [4.78, 5) is 21.4. The molecule has 0 saturated heterocycles. The van der Waals surface area contributed by atoms with Crippen molar-refractivity contribution in [3.63, 3.8) is 0 Å². The minimum Gasteiger partial charge on any atom is -0.480 e. The number of nitrogens with one attached hydrogen (secondary N) is 1. The molecule has 82 valence electrons. The summed E-state index contributed by atoms with van der Waals surface area (Å²) in [5.41, 5.74) is 0. The summed E-state index contributed by atoms with van der Waals surface area (Å²) in [5, 5.41) is 11.2. The van der Waals surface area contributed by atoms with Gasteiger partial charge in [0, 0.05) is 17.4 Å². The largest absolute Gasteiger partial charge is 0.480 e. The number of hydrogen-bond donors (Lipinski definition) is 2. The van der Waals surface area contributed by atoms with E-state index >= 15 is 0 Å². The summed E-state index contributed by atoms with van der Waals surface area (Å²) in [7, 11) is 0. The highest BCUT2D eigenvalue weighted by Gasteiger charge is 2.21. The molecule has 0 aromatic carbocycles. The first-order valence-corrected chi connectivity index (χ1v) is 5.35. The summed E-state index contributed by atoms with van der Waals surface area (Å²) in [6.07, 6.45) is 0. The number of amides is 1. The maximum absolute atomic E-state index is 10.7. The van der Waals surface area contributed by atoms with E-state index in [2.05, 4.69) is 5.32 Å². The lowest BCUT2D eigenvalue weighted by Crippen LogP contribution is -2.42. The van der Waals surface area contributed by atoms with E-state index in [0.717, 1.165) is 0 Å². The fraction of sp³-hybridized carbons (Fsp3) is 0.778. The number of carbonyl (C=O) groups is 2. The smallest absolute Gasteiger partial charge is 0.327 e. The molecule has 0 saturated carbocycles. The number of carboxylic acid groups (broad SMARTS) is 1. The van der Waals surface area contributed by atoms with Gasteiger partial charge < -0.3 is 10.4 Å². The summed E-state index contributed by atoms with van der Waals surface area (Å²) in [5.74, 6) is -0.915. The molecule has 0 aromatic rings. The Labute approximate surface area is 88.4 Å². The van der Waals surface area contributed by atoms with Crippen LogP contribution < -0.4 is 5.32 Å². The van der Waals surface area contributed by atoms with Crippen LogP contribution >= 0.6 is 11.8 Å². The highest BCUT2D eigenvalue weighted by Crippen LogP contribution is 2.23. The first-order chi connectivity index (χ1) is 6.22. The van der Waals surface area contributed by atoms with Gasteiger partial charge in [-0.15, -0.1) is 0 Å². The molecule has 0 rings (SSSR count). The van der Waals surface area contributed by atoms with Crippen LogP contribution in [0.2, 0.25) is 0 Å².